The minimum atomic E-state index is 0.571. The van der Waals surface area contributed by atoms with E-state index in [4.69, 9.17) is 18.0 Å². The summed E-state index contributed by atoms with van der Waals surface area (Å²) in [5.41, 5.74) is 12.2. The Labute approximate surface area is 91.3 Å². The molecule has 1 aromatic rings. The Balaban J connectivity index is 3.31. The van der Waals surface area contributed by atoms with Crippen molar-refractivity contribution in [1.29, 1.82) is 0 Å². The van der Waals surface area contributed by atoms with Gasteiger partial charge in [-0.3, -0.25) is 0 Å². The molecule has 1 rings (SSSR count). The van der Waals surface area contributed by atoms with Gasteiger partial charge in [0.1, 0.15) is 0 Å². The van der Waals surface area contributed by atoms with Crippen molar-refractivity contribution in [2.45, 2.75) is 34.1 Å². The Morgan fingerprint density at radius 1 is 1.14 bits per heavy atom. The number of hydrogen-bond donors (Lipinski definition) is 1. The lowest BCUT2D eigenvalue weighted by Crippen LogP contribution is -2.14. The standard InChI is InChI=1S/C12H17NS/c1-7-5-8(2)10(4)11(9(7)3)6-12(13)14/h5H,6H2,1-4H3,(H2,13,14). The summed E-state index contributed by atoms with van der Waals surface area (Å²) in [5.74, 6) is 0. The van der Waals surface area contributed by atoms with Crippen molar-refractivity contribution in [2.24, 2.45) is 5.73 Å². The molecule has 0 aromatic heterocycles. The molecule has 0 fully saturated rings. The Morgan fingerprint density at radius 3 is 1.93 bits per heavy atom. The molecule has 0 radical (unpaired) electrons. The maximum Gasteiger partial charge on any atom is 0.0771 e. The maximum absolute atomic E-state index is 5.59. The zero-order valence-corrected chi connectivity index (χ0v) is 10.1. The van der Waals surface area contributed by atoms with Crippen molar-refractivity contribution >= 4 is 17.2 Å². The molecule has 0 amide bonds. The second kappa shape index (κ2) is 4.09. The minimum Gasteiger partial charge on any atom is -0.393 e. The van der Waals surface area contributed by atoms with Crippen LogP contribution in [0.4, 0.5) is 0 Å². The van der Waals surface area contributed by atoms with E-state index >= 15 is 0 Å². The Hall–Kier alpha value is -0.890. The molecule has 1 nitrogen and oxygen atoms in total. The lowest BCUT2D eigenvalue weighted by Gasteiger charge is -2.14. The van der Waals surface area contributed by atoms with E-state index < -0.39 is 0 Å². The highest BCUT2D eigenvalue weighted by molar-refractivity contribution is 7.80. The largest absolute Gasteiger partial charge is 0.393 e. The lowest BCUT2D eigenvalue weighted by molar-refractivity contribution is 1.14. The summed E-state index contributed by atoms with van der Waals surface area (Å²) in [4.78, 5) is 0.571. The Bertz CT molecular complexity index is 354. The van der Waals surface area contributed by atoms with Crippen LogP contribution < -0.4 is 5.73 Å². The minimum absolute atomic E-state index is 0.571. The molecule has 0 saturated heterocycles. The van der Waals surface area contributed by atoms with Crippen LogP contribution in [-0.2, 0) is 6.42 Å². The first-order chi connectivity index (χ1) is 6.43. The van der Waals surface area contributed by atoms with Crippen LogP contribution >= 0.6 is 12.2 Å². The summed E-state index contributed by atoms with van der Waals surface area (Å²) in [5, 5.41) is 0. The van der Waals surface area contributed by atoms with Gasteiger partial charge >= 0.3 is 0 Å². The van der Waals surface area contributed by atoms with Crippen molar-refractivity contribution in [1.82, 2.24) is 0 Å². The number of nitrogens with two attached hydrogens (primary N) is 1. The molecule has 1 aromatic carbocycles. The first kappa shape index (κ1) is 11.2. The van der Waals surface area contributed by atoms with Crippen molar-refractivity contribution in [2.75, 3.05) is 0 Å². The lowest BCUT2D eigenvalue weighted by atomic mass is 9.92. The van der Waals surface area contributed by atoms with Gasteiger partial charge in [0.25, 0.3) is 0 Å². The SMILES string of the molecule is Cc1cc(C)c(C)c(CC(N)=S)c1C. The van der Waals surface area contributed by atoms with Crippen LogP contribution in [0.5, 0.6) is 0 Å². The number of hydrogen-bond acceptors (Lipinski definition) is 1. The molecule has 2 heteroatoms. The van der Waals surface area contributed by atoms with Crippen LogP contribution in [0.15, 0.2) is 6.07 Å². The van der Waals surface area contributed by atoms with Crippen LogP contribution in [0.1, 0.15) is 27.8 Å². The third-order valence-electron chi connectivity index (χ3n) is 2.87. The van der Waals surface area contributed by atoms with Crippen LogP contribution in [-0.4, -0.2) is 4.99 Å². The summed E-state index contributed by atoms with van der Waals surface area (Å²) < 4.78 is 0. The number of aryl methyl sites for hydroxylation is 2. The van der Waals surface area contributed by atoms with Crippen molar-refractivity contribution < 1.29 is 0 Å². The second-order valence-electron chi connectivity index (χ2n) is 3.88. The average molecular weight is 207 g/mol. The van der Waals surface area contributed by atoms with Gasteiger partial charge in [-0.05, 0) is 55.5 Å². The molecule has 0 saturated carbocycles. The molecule has 0 heterocycles. The van der Waals surface area contributed by atoms with Crippen molar-refractivity contribution in [3.63, 3.8) is 0 Å². The zero-order chi connectivity index (χ0) is 10.9. The quantitative estimate of drug-likeness (QED) is 0.755. The topological polar surface area (TPSA) is 26.0 Å². The smallest absolute Gasteiger partial charge is 0.0771 e. The molecule has 14 heavy (non-hydrogen) atoms. The highest BCUT2D eigenvalue weighted by Gasteiger charge is 2.08. The normalized spacial score (nSPS) is 10.3. The summed E-state index contributed by atoms with van der Waals surface area (Å²) in [7, 11) is 0. The molecular weight excluding hydrogens is 190 g/mol. The molecule has 0 aliphatic rings. The third kappa shape index (κ3) is 2.13. The van der Waals surface area contributed by atoms with E-state index in [-0.39, 0.29) is 0 Å². The molecule has 2 N–H and O–H groups in total. The van der Waals surface area contributed by atoms with Gasteiger partial charge in [0.15, 0.2) is 0 Å². The fraction of sp³-hybridized carbons (Fsp3) is 0.417. The van der Waals surface area contributed by atoms with Gasteiger partial charge in [0.05, 0.1) is 4.99 Å². The predicted octanol–water partition coefficient (Wildman–Crippen LogP) is 2.75. The van der Waals surface area contributed by atoms with Crippen molar-refractivity contribution in [3.05, 3.63) is 33.9 Å². The first-order valence-corrected chi connectivity index (χ1v) is 5.19. The fourth-order valence-corrected chi connectivity index (χ4v) is 1.88. The third-order valence-corrected chi connectivity index (χ3v) is 3.02. The van der Waals surface area contributed by atoms with Gasteiger partial charge < -0.3 is 5.73 Å². The van der Waals surface area contributed by atoms with E-state index in [2.05, 4.69) is 33.8 Å². The highest BCUT2D eigenvalue weighted by atomic mass is 32.1. The van der Waals surface area contributed by atoms with Crippen LogP contribution in [0.3, 0.4) is 0 Å². The van der Waals surface area contributed by atoms with E-state index in [0.29, 0.717) is 4.99 Å². The molecule has 0 aliphatic carbocycles. The molecular formula is C12H17NS. The fourth-order valence-electron chi connectivity index (χ4n) is 1.74. The number of rotatable bonds is 2. The highest BCUT2D eigenvalue weighted by Crippen LogP contribution is 2.21. The Morgan fingerprint density at radius 2 is 1.57 bits per heavy atom. The Kier molecular flexibility index (Phi) is 3.27. The summed E-state index contributed by atoms with van der Waals surface area (Å²) in [6, 6.07) is 2.22. The van der Waals surface area contributed by atoms with Gasteiger partial charge in [-0.2, -0.15) is 0 Å². The average Bonchev–Trinajstić information content (AvgIpc) is 2.09. The zero-order valence-electron chi connectivity index (χ0n) is 9.27. The monoisotopic (exact) mass is 207 g/mol. The van der Waals surface area contributed by atoms with E-state index in [9.17, 15) is 0 Å². The molecule has 0 spiro atoms. The maximum atomic E-state index is 5.59. The first-order valence-electron chi connectivity index (χ1n) is 4.78. The summed E-state index contributed by atoms with van der Waals surface area (Å²) >= 11 is 4.96. The summed E-state index contributed by atoms with van der Waals surface area (Å²) in [6.45, 7) is 8.53. The van der Waals surface area contributed by atoms with Gasteiger partial charge in [0.2, 0.25) is 0 Å². The molecule has 0 atom stereocenters. The van der Waals surface area contributed by atoms with E-state index in [1.807, 2.05) is 0 Å². The van der Waals surface area contributed by atoms with E-state index in [1.54, 1.807) is 0 Å². The second-order valence-corrected chi connectivity index (χ2v) is 4.41. The van der Waals surface area contributed by atoms with Gasteiger partial charge in [-0.1, -0.05) is 18.3 Å². The van der Waals surface area contributed by atoms with Gasteiger partial charge in [0, 0.05) is 6.42 Å². The van der Waals surface area contributed by atoms with E-state index in [0.717, 1.165) is 6.42 Å². The molecule has 0 unspecified atom stereocenters. The molecule has 76 valence electrons. The van der Waals surface area contributed by atoms with Crippen LogP contribution in [0, 0.1) is 27.7 Å². The van der Waals surface area contributed by atoms with Gasteiger partial charge in [-0.15, -0.1) is 0 Å². The predicted molar refractivity (Wildman–Crippen MR) is 65.9 cm³/mol. The van der Waals surface area contributed by atoms with Crippen LogP contribution in [0.25, 0.3) is 0 Å². The van der Waals surface area contributed by atoms with Crippen LogP contribution in [0.2, 0.25) is 0 Å². The van der Waals surface area contributed by atoms with Gasteiger partial charge in [-0.25, -0.2) is 0 Å². The van der Waals surface area contributed by atoms with Crippen molar-refractivity contribution in [3.8, 4) is 0 Å². The summed E-state index contributed by atoms with van der Waals surface area (Å²) in [6.07, 6.45) is 0.718. The molecule has 0 aliphatic heterocycles. The number of benzene rings is 1. The molecule has 0 bridgehead atoms. The number of thiocarbonyl (C=S) groups is 1. The van der Waals surface area contributed by atoms with E-state index in [1.165, 1.54) is 27.8 Å².